The van der Waals surface area contributed by atoms with Gasteiger partial charge in [0.25, 0.3) is 5.91 Å². The molecule has 0 atom stereocenters. The van der Waals surface area contributed by atoms with Crippen molar-refractivity contribution in [2.75, 3.05) is 13.3 Å². The second-order valence-electron chi connectivity index (χ2n) is 5.53. The van der Waals surface area contributed by atoms with Gasteiger partial charge in [0, 0.05) is 12.7 Å². The molecule has 0 aliphatic carbocycles. The van der Waals surface area contributed by atoms with Crippen molar-refractivity contribution in [3.8, 4) is 11.5 Å². The van der Waals surface area contributed by atoms with Gasteiger partial charge in [0.05, 0.1) is 16.8 Å². The van der Waals surface area contributed by atoms with Gasteiger partial charge in [-0.3, -0.25) is 14.7 Å². The SMILES string of the molecule is C=CCN1C(=O)/C(=C/c2ccc3c(c2)OCO3)SC1=Nc1cccnc1. The van der Waals surface area contributed by atoms with Crippen molar-refractivity contribution in [2.24, 2.45) is 4.99 Å². The van der Waals surface area contributed by atoms with Crippen molar-refractivity contribution in [2.45, 2.75) is 0 Å². The molecule has 0 radical (unpaired) electrons. The summed E-state index contributed by atoms with van der Waals surface area (Å²) in [7, 11) is 0. The molecule has 3 heterocycles. The Morgan fingerprint density at radius 2 is 2.19 bits per heavy atom. The Morgan fingerprint density at radius 3 is 3.00 bits per heavy atom. The highest BCUT2D eigenvalue weighted by atomic mass is 32.2. The van der Waals surface area contributed by atoms with Crippen LogP contribution in [0.15, 0.2) is 65.3 Å². The normalized spacial score (nSPS) is 18.8. The van der Waals surface area contributed by atoms with Gasteiger partial charge in [0.1, 0.15) is 0 Å². The van der Waals surface area contributed by atoms with E-state index < -0.39 is 0 Å². The van der Waals surface area contributed by atoms with E-state index in [-0.39, 0.29) is 12.7 Å². The minimum Gasteiger partial charge on any atom is -0.454 e. The minimum atomic E-state index is -0.102. The number of amides is 1. The van der Waals surface area contributed by atoms with E-state index in [1.807, 2.05) is 36.4 Å². The van der Waals surface area contributed by atoms with Gasteiger partial charge in [-0.25, -0.2) is 4.99 Å². The fraction of sp³-hybridized carbons (Fsp3) is 0.105. The standard InChI is InChI=1S/C19H15N3O3S/c1-2-8-22-18(23)17(26-19(22)21-14-4-3-7-20-11-14)10-13-5-6-15-16(9-13)25-12-24-15/h2-7,9-11H,1,8,12H2/b17-10-,21-19?. The quantitative estimate of drug-likeness (QED) is 0.612. The van der Waals surface area contributed by atoms with Crippen LogP contribution in [0.25, 0.3) is 6.08 Å². The van der Waals surface area contributed by atoms with Gasteiger partial charge in [-0.1, -0.05) is 12.1 Å². The summed E-state index contributed by atoms with van der Waals surface area (Å²) < 4.78 is 10.7. The van der Waals surface area contributed by atoms with Crippen molar-refractivity contribution in [1.82, 2.24) is 9.88 Å². The first-order chi connectivity index (χ1) is 12.7. The number of ether oxygens (including phenoxy) is 2. The van der Waals surface area contributed by atoms with Crippen LogP contribution in [0.3, 0.4) is 0 Å². The number of hydrogen-bond acceptors (Lipinski definition) is 6. The number of hydrogen-bond donors (Lipinski definition) is 0. The number of pyridine rings is 1. The molecule has 1 aromatic heterocycles. The number of carbonyl (C=O) groups is 1. The zero-order valence-corrected chi connectivity index (χ0v) is 14.6. The second kappa shape index (κ2) is 7.05. The lowest BCUT2D eigenvalue weighted by atomic mass is 10.2. The molecule has 2 aliphatic heterocycles. The lowest BCUT2D eigenvalue weighted by Crippen LogP contribution is -2.29. The van der Waals surface area contributed by atoms with Gasteiger partial charge in [-0.15, -0.1) is 6.58 Å². The third-order valence-electron chi connectivity index (χ3n) is 3.76. The van der Waals surface area contributed by atoms with Crippen molar-refractivity contribution >= 4 is 34.6 Å². The summed E-state index contributed by atoms with van der Waals surface area (Å²) in [5.41, 5.74) is 1.56. The highest BCUT2D eigenvalue weighted by Gasteiger charge is 2.32. The first kappa shape index (κ1) is 16.4. The second-order valence-corrected chi connectivity index (χ2v) is 6.54. The molecule has 2 aromatic rings. The van der Waals surface area contributed by atoms with Crippen molar-refractivity contribution in [3.63, 3.8) is 0 Å². The topological polar surface area (TPSA) is 64.0 Å². The lowest BCUT2D eigenvalue weighted by molar-refractivity contribution is -0.121. The lowest BCUT2D eigenvalue weighted by Gasteiger charge is -2.12. The summed E-state index contributed by atoms with van der Waals surface area (Å²) in [6, 6.07) is 9.24. The van der Waals surface area contributed by atoms with Gasteiger partial charge in [0.2, 0.25) is 6.79 Å². The summed E-state index contributed by atoms with van der Waals surface area (Å²) in [5.74, 6) is 1.29. The molecule has 6 nitrogen and oxygen atoms in total. The third-order valence-corrected chi connectivity index (χ3v) is 4.77. The van der Waals surface area contributed by atoms with Crippen LogP contribution < -0.4 is 9.47 Å². The molecule has 130 valence electrons. The van der Waals surface area contributed by atoms with Crippen LogP contribution >= 0.6 is 11.8 Å². The smallest absolute Gasteiger partial charge is 0.267 e. The minimum absolute atomic E-state index is 0.102. The van der Waals surface area contributed by atoms with Crippen LogP contribution in [0.2, 0.25) is 0 Å². The van der Waals surface area contributed by atoms with Crippen molar-refractivity contribution < 1.29 is 14.3 Å². The fourth-order valence-electron chi connectivity index (χ4n) is 2.57. The number of amidine groups is 1. The van der Waals surface area contributed by atoms with E-state index in [1.165, 1.54) is 11.8 Å². The zero-order chi connectivity index (χ0) is 17.9. The van der Waals surface area contributed by atoms with E-state index in [9.17, 15) is 4.79 Å². The van der Waals surface area contributed by atoms with Gasteiger partial charge in [-0.2, -0.15) is 0 Å². The molecule has 1 aromatic carbocycles. The molecular formula is C19H15N3O3S. The van der Waals surface area contributed by atoms with Gasteiger partial charge < -0.3 is 9.47 Å². The highest BCUT2D eigenvalue weighted by molar-refractivity contribution is 8.18. The average molecular weight is 365 g/mol. The zero-order valence-electron chi connectivity index (χ0n) is 13.8. The maximum Gasteiger partial charge on any atom is 0.267 e. The molecule has 0 spiro atoms. The largest absolute Gasteiger partial charge is 0.454 e. The maximum absolute atomic E-state index is 12.8. The van der Waals surface area contributed by atoms with Crippen LogP contribution in [0.5, 0.6) is 11.5 Å². The number of aromatic nitrogens is 1. The highest BCUT2D eigenvalue weighted by Crippen LogP contribution is 2.37. The number of rotatable bonds is 4. The summed E-state index contributed by atoms with van der Waals surface area (Å²) in [5, 5.41) is 0.606. The molecule has 1 saturated heterocycles. The number of thioether (sulfide) groups is 1. The molecule has 7 heteroatoms. The molecule has 0 bridgehead atoms. The predicted octanol–water partition coefficient (Wildman–Crippen LogP) is 3.60. The van der Waals surface area contributed by atoms with E-state index in [2.05, 4.69) is 16.6 Å². The number of fused-ring (bicyclic) bond motifs is 1. The Labute approximate surface area is 154 Å². The van der Waals surface area contributed by atoms with Crippen LogP contribution in [0, 0.1) is 0 Å². The molecule has 0 N–H and O–H groups in total. The summed E-state index contributed by atoms with van der Waals surface area (Å²) >= 11 is 1.33. The van der Waals surface area contributed by atoms with Crippen LogP contribution in [-0.4, -0.2) is 34.3 Å². The summed E-state index contributed by atoms with van der Waals surface area (Å²) in [6.07, 6.45) is 6.85. The molecule has 26 heavy (non-hydrogen) atoms. The van der Waals surface area contributed by atoms with Crippen LogP contribution in [-0.2, 0) is 4.79 Å². The van der Waals surface area contributed by atoms with E-state index in [0.29, 0.717) is 33.8 Å². The molecule has 2 aliphatic rings. The van der Waals surface area contributed by atoms with E-state index >= 15 is 0 Å². The molecular weight excluding hydrogens is 350 g/mol. The van der Waals surface area contributed by atoms with Gasteiger partial charge >= 0.3 is 0 Å². The number of nitrogens with zero attached hydrogens (tertiary/aromatic N) is 3. The monoisotopic (exact) mass is 365 g/mol. The van der Waals surface area contributed by atoms with E-state index in [4.69, 9.17) is 9.47 Å². The maximum atomic E-state index is 12.8. The van der Waals surface area contributed by atoms with E-state index in [0.717, 1.165) is 5.56 Å². The Hall–Kier alpha value is -3.06. The van der Waals surface area contributed by atoms with Crippen molar-refractivity contribution in [3.05, 3.63) is 65.8 Å². The third kappa shape index (κ3) is 3.21. The fourth-order valence-corrected chi connectivity index (χ4v) is 3.57. The molecule has 1 amide bonds. The Balaban J connectivity index is 1.66. The molecule has 0 unspecified atom stereocenters. The summed E-state index contributed by atoms with van der Waals surface area (Å²) in [6.45, 7) is 4.34. The molecule has 4 rings (SSSR count). The Morgan fingerprint density at radius 1 is 1.31 bits per heavy atom. The summed E-state index contributed by atoms with van der Waals surface area (Å²) in [4.78, 5) is 23.6. The van der Waals surface area contributed by atoms with Crippen LogP contribution in [0.4, 0.5) is 5.69 Å². The van der Waals surface area contributed by atoms with E-state index in [1.54, 1.807) is 23.4 Å². The average Bonchev–Trinajstić information content (AvgIpc) is 3.23. The number of carbonyl (C=O) groups excluding carboxylic acids is 1. The first-order valence-corrected chi connectivity index (χ1v) is 8.77. The molecule has 0 saturated carbocycles. The predicted molar refractivity (Wildman–Crippen MR) is 101 cm³/mol. The number of benzene rings is 1. The Bertz CT molecular complexity index is 925. The van der Waals surface area contributed by atoms with Gasteiger partial charge in [0.15, 0.2) is 16.7 Å². The Kier molecular flexibility index (Phi) is 4.45. The first-order valence-electron chi connectivity index (χ1n) is 7.95. The molecule has 1 fully saturated rings. The van der Waals surface area contributed by atoms with Gasteiger partial charge in [-0.05, 0) is 47.7 Å². The van der Waals surface area contributed by atoms with Crippen molar-refractivity contribution in [1.29, 1.82) is 0 Å². The number of aliphatic imine (C=N–C) groups is 1. The van der Waals surface area contributed by atoms with Crippen LogP contribution in [0.1, 0.15) is 5.56 Å².